The summed E-state index contributed by atoms with van der Waals surface area (Å²) >= 11 is 0. The van der Waals surface area contributed by atoms with Crippen molar-refractivity contribution < 1.29 is 14.3 Å². The second kappa shape index (κ2) is 11.3. The summed E-state index contributed by atoms with van der Waals surface area (Å²) in [6, 6.07) is 50.5. The third-order valence-electron chi connectivity index (χ3n) is 8.66. The fourth-order valence-corrected chi connectivity index (χ4v) is 6.37. The van der Waals surface area contributed by atoms with Crippen LogP contribution in [0.3, 0.4) is 0 Å². The van der Waals surface area contributed by atoms with Gasteiger partial charge in [0.05, 0.1) is 16.9 Å². The van der Waals surface area contributed by atoms with E-state index in [9.17, 15) is 5.11 Å². The number of ether oxygens (including phenoxy) is 1. The van der Waals surface area contributed by atoms with Crippen LogP contribution in [-0.2, 0) is 0 Å². The Morgan fingerprint density at radius 3 is 2.21 bits per heavy atom. The monoisotopic (exact) mass is 621 g/mol. The minimum atomic E-state index is -0.0358. The summed E-state index contributed by atoms with van der Waals surface area (Å²) in [5, 5.41) is 12.9. The Hall–Kier alpha value is -6.66. The lowest BCUT2D eigenvalue weighted by Crippen LogP contribution is -1.98. The van der Waals surface area contributed by atoms with E-state index in [1.807, 2.05) is 108 Å². The number of imidazole rings is 1. The Morgan fingerprint density at radius 2 is 1.33 bits per heavy atom. The van der Waals surface area contributed by atoms with E-state index in [0.717, 1.165) is 66.6 Å². The maximum atomic E-state index is 11.1. The number of phenols is 1. The quantitative estimate of drug-likeness (QED) is 0.200. The van der Waals surface area contributed by atoms with E-state index in [4.69, 9.17) is 19.1 Å². The van der Waals surface area contributed by atoms with E-state index < -0.39 is 0 Å². The molecule has 0 saturated carbocycles. The van der Waals surface area contributed by atoms with Crippen LogP contribution < -0.4 is 4.74 Å². The molecule has 0 aliphatic heterocycles. The van der Waals surface area contributed by atoms with Crippen LogP contribution in [0.25, 0.3) is 72.2 Å². The topological polar surface area (TPSA) is 73.3 Å². The number of nitrogens with zero attached hydrogens (tertiary/aromatic N) is 3. The second-order valence-corrected chi connectivity index (χ2v) is 11.6. The van der Waals surface area contributed by atoms with Gasteiger partial charge < -0.3 is 14.3 Å². The summed E-state index contributed by atoms with van der Waals surface area (Å²) < 4.78 is 14.4. The highest BCUT2D eigenvalue weighted by atomic mass is 16.5. The van der Waals surface area contributed by atoms with Crippen molar-refractivity contribution in [1.82, 2.24) is 14.5 Å². The van der Waals surface area contributed by atoms with Crippen molar-refractivity contribution in [2.24, 2.45) is 0 Å². The minimum Gasteiger partial charge on any atom is -0.504 e. The van der Waals surface area contributed by atoms with Gasteiger partial charge >= 0.3 is 6.01 Å². The number of hydrogen-bond acceptors (Lipinski definition) is 5. The minimum absolute atomic E-state index is 0.0358. The molecular weight excluding hydrogens is 594 g/mol. The van der Waals surface area contributed by atoms with Crippen LogP contribution in [0.5, 0.6) is 17.5 Å². The fraction of sp³-hybridized carbons (Fsp3) is 0. The van der Waals surface area contributed by atoms with Gasteiger partial charge in [0.2, 0.25) is 0 Å². The van der Waals surface area contributed by atoms with Crippen molar-refractivity contribution >= 4 is 33.0 Å². The van der Waals surface area contributed by atoms with Crippen molar-refractivity contribution in [3.05, 3.63) is 158 Å². The Bertz CT molecular complexity index is 2610. The first-order valence-corrected chi connectivity index (χ1v) is 15.7. The summed E-state index contributed by atoms with van der Waals surface area (Å²) in [6.45, 7) is 0. The summed E-state index contributed by atoms with van der Waals surface area (Å²) in [5.41, 5.74) is 9.97. The molecule has 0 aliphatic carbocycles. The number of rotatable bonds is 6. The van der Waals surface area contributed by atoms with E-state index in [1.165, 1.54) is 0 Å². The molecule has 0 atom stereocenters. The van der Waals surface area contributed by atoms with Gasteiger partial charge in [0.1, 0.15) is 16.7 Å². The van der Waals surface area contributed by atoms with E-state index in [1.54, 1.807) is 6.07 Å². The van der Waals surface area contributed by atoms with Gasteiger partial charge in [0.15, 0.2) is 11.5 Å². The maximum Gasteiger partial charge on any atom is 0.307 e. The molecule has 1 N–H and O–H groups in total. The molecule has 228 valence electrons. The molecule has 0 fully saturated rings. The molecule has 0 spiro atoms. The maximum absolute atomic E-state index is 11.1. The zero-order chi connectivity index (χ0) is 32.0. The standard InChI is InChI=1S/C42H27N3O3/c46-37-26-39-34(33-17-7-8-20-38(33)47-39)25-40(37)48-42-44-41-32(18-10-19-36(41)45(42)31-15-5-2-6-16-31)29-13-9-14-30(23-29)35-24-28(21-22-43-35)27-11-3-1-4-12-27/h1-26,46H. The number of fused-ring (bicyclic) bond motifs is 4. The first-order chi connectivity index (χ1) is 23.7. The Balaban J connectivity index is 1.17. The lowest BCUT2D eigenvalue weighted by molar-refractivity contribution is 0.390. The Kier molecular flexibility index (Phi) is 6.50. The average molecular weight is 622 g/mol. The molecule has 3 aromatic heterocycles. The first-order valence-electron chi connectivity index (χ1n) is 15.7. The van der Waals surface area contributed by atoms with Gasteiger partial charge in [0.25, 0.3) is 0 Å². The van der Waals surface area contributed by atoms with Gasteiger partial charge in [-0.2, -0.15) is 4.98 Å². The molecule has 0 bridgehead atoms. The van der Waals surface area contributed by atoms with Crippen molar-refractivity contribution in [2.75, 3.05) is 0 Å². The molecule has 0 aliphatic rings. The van der Waals surface area contributed by atoms with Gasteiger partial charge in [-0.3, -0.25) is 9.55 Å². The second-order valence-electron chi connectivity index (χ2n) is 11.6. The number of hydrogen-bond donors (Lipinski definition) is 1. The molecule has 9 aromatic rings. The van der Waals surface area contributed by atoms with Crippen molar-refractivity contribution in [3.63, 3.8) is 0 Å². The Labute approximate surface area is 275 Å². The SMILES string of the molecule is Oc1cc2oc3ccccc3c2cc1Oc1nc2c(-c3cccc(-c4cc(-c5ccccc5)ccn4)c3)cccc2n1-c1ccccc1. The predicted molar refractivity (Wildman–Crippen MR) is 191 cm³/mol. The lowest BCUT2D eigenvalue weighted by atomic mass is 9.99. The zero-order valence-corrected chi connectivity index (χ0v) is 25.6. The van der Waals surface area contributed by atoms with Gasteiger partial charge in [-0.25, -0.2) is 0 Å². The number of phenolic OH excluding ortho intramolecular Hbond substituents is 1. The highest BCUT2D eigenvalue weighted by molar-refractivity contribution is 6.06. The third-order valence-corrected chi connectivity index (χ3v) is 8.66. The van der Waals surface area contributed by atoms with Gasteiger partial charge in [-0.1, -0.05) is 97.1 Å². The van der Waals surface area contributed by atoms with Gasteiger partial charge in [0, 0.05) is 34.2 Å². The van der Waals surface area contributed by atoms with Gasteiger partial charge in [-0.15, -0.1) is 0 Å². The number of aromatic nitrogens is 3. The molecule has 48 heavy (non-hydrogen) atoms. The molecular formula is C42H27N3O3. The van der Waals surface area contributed by atoms with E-state index >= 15 is 0 Å². The average Bonchev–Trinajstić information content (AvgIpc) is 3.70. The summed E-state index contributed by atoms with van der Waals surface area (Å²) in [4.78, 5) is 9.79. The fourth-order valence-electron chi connectivity index (χ4n) is 6.37. The van der Waals surface area contributed by atoms with Crippen LogP contribution in [0.2, 0.25) is 0 Å². The van der Waals surface area contributed by atoms with Crippen LogP contribution >= 0.6 is 0 Å². The lowest BCUT2D eigenvalue weighted by Gasteiger charge is -2.11. The molecule has 6 nitrogen and oxygen atoms in total. The molecule has 0 saturated heterocycles. The largest absolute Gasteiger partial charge is 0.504 e. The predicted octanol–water partition coefficient (Wildman–Crippen LogP) is 10.8. The van der Waals surface area contributed by atoms with Crippen molar-refractivity contribution in [2.45, 2.75) is 0 Å². The Morgan fingerprint density at radius 1 is 0.583 bits per heavy atom. The van der Waals surface area contributed by atoms with E-state index in [2.05, 4.69) is 48.5 Å². The number of pyridine rings is 1. The number of aromatic hydroxyl groups is 1. The molecule has 6 aromatic carbocycles. The summed E-state index contributed by atoms with van der Waals surface area (Å²) in [7, 11) is 0. The van der Waals surface area contributed by atoms with Crippen LogP contribution in [0, 0.1) is 0 Å². The summed E-state index contributed by atoms with van der Waals surface area (Å²) in [6.07, 6.45) is 1.86. The summed E-state index contributed by atoms with van der Waals surface area (Å²) in [5.74, 6) is 0.251. The van der Waals surface area contributed by atoms with Crippen LogP contribution in [0.4, 0.5) is 0 Å². The number of para-hydroxylation sites is 3. The van der Waals surface area contributed by atoms with E-state index in [0.29, 0.717) is 11.6 Å². The first kappa shape index (κ1) is 27.6. The number of furan rings is 1. The van der Waals surface area contributed by atoms with Gasteiger partial charge in [-0.05, 0) is 65.2 Å². The molecule has 0 unspecified atom stereocenters. The van der Waals surface area contributed by atoms with E-state index in [-0.39, 0.29) is 11.5 Å². The van der Waals surface area contributed by atoms with Crippen molar-refractivity contribution in [1.29, 1.82) is 0 Å². The number of benzene rings is 6. The molecule has 0 radical (unpaired) electrons. The molecule has 3 heterocycles. The van der Waals surface area contributed by atoms with Crippen LogP contribution in [0.15, 0.2) is 162 Å². The van der Waals surface area contributed by atoms with Crippen LogP contribution in [-0.4, -0.2) is 19.6 Å². The van der Waals surface area contributed by atoms with Crippen molar-refractivity contribution in [3.8, 4) is 56.7 Å². The molecule has 0 amide bonds. The molecule has 6 heteroatoms. The normalized spacial score (nSPS) is 11.4. The van der Waals surface area contributed by atoms with Crippen LogP contribution in [0.1, 0.15) is 0 Å². The highest BCUT2D eigenvalue weighted by Crippen LogP contribution is 2.41. The smallest absolute Gasteiger partial charge is 0.307 e. The highest BCUT2D eigenvalue weighted by Gasteiger charge is 2.20. The molecule has 9 rings (SSSR count). The zero-order valence-electron chi connectivity index (χ0n) is 25.6. The third kappa shape index (κ3) is 4.75.